The fourth-order valence-corrected chi connectivity index (χ4v) is 5.85. The highest BCUT2D eigenvalue weighted by Gasteiger charge is 2.34. The number of fused-ring (bicyclic) bond motifs is 2. The zero-order chi connectivity index (χ0) is 22.2. The third-order valence-corrected chi connectivity index (χ3v) is 8.19. The van der Waals surface area contributed by atoms with Crippen molar-refractivity contribution in [3.8, 4) is 0 Å². The maximum Gasteiger partial charge on any atom is 0.261 e. The highest BCUT2D eigenvalue weighted by molar-refractivity contribution is 7.89. The summed E-state index contributed by atoms with van der Waals surface area (Å²) in [5, 5.41) is 3.18. The van der Waals surface area contributed by atoms with Crippen LogP contribution < -0.4 is 5.32 Å². The Balaban J connectivity index is 1.30. The molecule has 31 heavy (non-hydrogen) atoms. The molecule has 0 saturated carbocycles. The van der Waals surface area contributed by atoms with Crippen LogP contribution in [0.5, 0.6) is 0 Å². The molecule has 0 bridgehead atoms. The first-order valence-corrected chi connectivity index (χ1v) is 12.4. The zero-order valence-electron chi connectivity index (χ0n) is 17.0. The van der Waals surface area contributed by atoms with Crippen molar-refractivity contribution in [1.82, 2.24) is 14.2 Å². The summed E-state index contributed by atoms with van der Waals surface area (Å²) in [6.07, 6.45) is 0.986. The number of sulfonamides is 1. The molecule has 0 fully saturated rings. The molecule has 2 aromatic rings. The second-order valence-corrected chi connectivity index (χ2v) is 10.7. The molecule has 0 unspecified atom stereocenters. The highest BCUT2D eigenvalue weighted by atomic mass is 32.2. The third-order valence-electron chi connectivity index (χ3n) is 5.36. The number of benzene rings is 1. The summed E-state index contributed by atoms with van der Waals surface area (Å²) in [5.74, 6) is -0.876. The number of carbonyl (C=O) groups excluding carboxylic acids is 3. The Labute approximate surface area is 184 Å². The topological polar surface area (TPSA) is 117 Å². The number of rotatable bonds is 7. The van der Waals surface area contributed by atoms with Crippen molar-refractivity contribution in [3.05, 3.63) is 46.0 Å². The Morgan fingerprint density at radius 1 is 1.19 bits per heavy atom. The first-order chi connectivity index (χ1) is 14.8. The van der Waals surface area contributed by atoms with Crippen LogP contribution in [0.3, 0.4) is 0 Å². The van der Waals surface area contributed by atoms with Crippen molar-refractivity contribution in [3.63, 3.8) is 0 Å². The molecular weight excluding hydrogens is 440 g/mol. The summed E-state index contributed by atoms with van der Waals surface area (Å²) in [4.78, 5) is 43.4. The van der Waals surface area contributed by atoms with Gasteiger partial charge in [0.2, 0.25) is 15.9 Å². The molecule has 1 aromatic carbocycles. The number of aromatic nitrogens is 1. The van der Waals surface area contributed by atoms with Gasteiger partial charge in [-0.3, -0.25) is 19.3 Å². The second-order valence-electron chi connectivity index (χ2n) is 7.33. The fraction of sp³-hybridized carbons (Fsp3) is 0.400. The summed E-state index contributed by atoms with van der Waals surface area (Å²) < 4.78 is 25.6. The number of nitrogens with one attached hydrogen (secondary N) is 1. The molecule has 3 amide bonds. The molecule has 9 nitrogen and oxygen atoms in total. The van der Waals surface area contributed by atoms with Gasteiger partial charge in [-0.2, -0.15) is 4.31 Å². The van der Waals surface area contributed by atoms with Crippen LogP contribution in [0.15, 0.2) is 24.3 Å². The first kappa shape index (κ1) is 21.6. The minimum absolute atomic E-state index is 0.0534. The smallest absolute Gasteiger partial charge is 0.261 e. The number of nitrogens with zero attached hydrogens (tertiary/aromatic N) is 3. The van der Waals surface area contributed by atoms with Gasteiger partial charge < -0.3 is 5.32 Å². The van der Waals surface area contributed by atoms with E-state index in [1.165, 1.54) is 20.5 Å². The number of amides is 3. The van der Waals surface area contributed by atoms with Crippen molar-refractivity contribution in [1.29, 1.82) is 0 Å². The predicted octanol–water partition coefficient (Wildman–Crippen LogP) is 1.87. The summed E-state index contributed by atoms with van der Waals surface area (Å²) in [5.41, 5.74) is 1.60. The van der Waals surface area contributed by atoms with Crippen LogP contribution in [0.25, 0.3) is 0 Å². The van der Waals surface area contributed by atoms with Crippen LogP contribution in [-0.4, -0.2) is 59.2 Å². The van der Waals surface area contributed by atoms with Gasteiger partial charge in [-0.25, -0.2) is 13.4 Å². The van der Waals surface area contributed by atoms with E-state index < -0.39 is 10.0 Å². The number of thiazole rings is 1. The van der Waals surface area contributed by atoms with Crippen molar-refractivity contribution in [2.45, 2.75) is 32.7 Å². The van der Waals surface area contributed by atoms with Crippen LogP contribution in [0, 0.1) is 0 Å². The lowest BCUT2D eigenvalue weighted by Crippen LogP contribution is -2.36. The minimum atomic E-state index is -3.26. The summed E-state index contributed by atoms with van der Waals surface area (Å²) in [6.45, 7) is 2.45. The van der Waals surface area contributed by atoms with Gasteiger partial charge in [-0.05, 0) is 25.5 Å². The second kappa shape index (κ2) is 8.48. The molecule has 2 aliphatic heterocycles. The number of anilines is 1. The molecule has 0 atom stereocenters. The maximum absolute atomic E-state index is 12.4. The van der Waals surface area contributed by atoms with Gasteiger partial charge in [0.25, 0.3) is 11.8 Å². The Morgan fingerprint density at radius 3 is 2.52 bits per heavy atom. The van der Waals surface area contributed by atoms with Gasteiger partial charge in [0, 0.05) is 37.4 Å². The van der Waals surface area contributed by atoms with E-state index in [9.17, 15) is 22.8 Å². The molecule has 4 rings (SSSR count). The lowest BCUT2D eigenvalue weighted by atomic mass is 10.1. The molecule has 3 heterocycles. The fourth-order valence-electron chi connectivity index (χ4n) is 3.67. The molecule has 0 radical (unpaired) electrons. The normalized spacial score (nSPS) is 16.4. The van der Waals surface area contributed by atoms with Crippen LogP contribution in [0.2, 0.25) is 0 Å². The Kier molecular flexibility index (Phi) is 5.91. The number of hydrogen-bond donors (Lipinski definition) is 1. The number of hydrogen-bond acceptors (Lipinski definition) is 7. The number of carbonyl (C=O) groups is 3. The zero-order valence-corrected chi connectivity index (χ0v) is 18.6. The Morgan fingerprint density at radius 2 is 1.87 bits per heavy atom. The molecule has 0 aliphatic carbocycles. The first-order valence-electron chi connectivity index (χ1n) is 10.0. The van der Waals surface area contributed by atoms with E-state index in [0.717, 1.165) is 10.6 Å². The van der Waals surface area contributed by atoms with Crippen molar-refractivity contribution in [2.75, 3.05) is 24.2 Å². The van der Waals surface area contributed by atoms with Gasteiger partial charge in [0.1, 0.15) is 0 Å². The predicted molar refractivity (Wildman–Crippen MR) is 115 cm³/mol. The van der Waals surface area contributed by atoms with Gasteiger partial charge in [0.05, 0.1) is 22.6 Å². The molecule has 2 aliphatic rings. The third kappa shape index (κ3) is 4.25. The summed E-state index contributed by atoms with van der Waals surface area (Å²) >= 11 is 1.28. The largest absolute Gasteiger partial charge is 0.302 e. The van der Waals surface area contributed by atoms with Gasteiger partial charge in [0.15, 0.2) is 5.13 Å². The van der Waals surface area contributed by atoms with Gasteiger partial charge in [-0.1, -0.05) is 12.1 Å². The average Bonchev–Trinajstić information content (AvgIpc) is 3.26. The van der Waals surface area contributed by atoms with Gasteiger partial charge >= 0.3 is 0 Å². The molecule has 164 valence electrons. The molecular formula is C20H22N4O5S2. The molecule has 0 spiro atoms. The van der Waals surface area contributed by atoms with E-state index in [1.807, 2.05) is 0 Å². The van der Waals surface area contributed by atoms with Crippen LogP contribution >= 0.6 is 11.3 Å². The minimum Gasteiger partial charge on any atom is -0.302 e. The molecule has 1 N–H and O–H groups in total. The SMILES string of the molecule is CCS(=O)(=O)N1CCc2nc(NC(=O)CCCN3C(=O)c4ccccc4C3=O)sc2C1. The average molecular weight is 463 g/mol. The monoisotopic (exact) mass is 462 g/mol. The van der Waals surface area contributed by atoms with Gasteiger partial charge in [-0.15, -0.1) is 11.3 Å². The van der Waals surface area contributed by atoms with E-state index in [0.29, 0.717) is 35.6 Å². The van der Waals surface area contributed by atoms with Crippen molar-refractivity contribution in [2.24, 2.45) is 0 Å². The molecule has 0 saturated heterocycles. The van der Waals surface area contributed by atoms with Crippen molar-refractivity contribution < 1.29 is 22.8 Å². The molecule has 11 heteroatoms. The quantitative estimate of drug-likeness (QED) is 0.628. The van der Waals surface area contributed by atoms with E-state index in [4.69, 9.17) is 0 Å². The van der Waals surface area contributed by atoms with Crippen LogP contribution in [0.4, 0.5) is 5.13 Å². The number of imide groups is 1. The van der Waals surface area contributed by atoms with Crippen molar-refractivity contribution >= 4 is 44.2 Å². The van der Waals surface area contributed by atoms with E-state index in [2.05, 4.69) is 10.3 Å². The Bertz CT molecular complexity index is 1120. The maximum atomic E-state index is 12.4. The van der Waals surface area contributed by atoms with E-state index in [1.54, 1.807) is 31.2 Å². The van der Waals surface area contributed by atoms with Crippen LogP contribution in [-0.2, 0) is 27.8 Å². The lowest BCUT2D eigenvalue weighted by Gasteiger charge is -2.24. The standard InChI is InChI=1S/C20H22N4O5S2/c1-2-31(28,29)23-11-9-15-16(12-23)30-20(21-15)22-17(25)8-5-10-24-18(26)13-6-3-4-7-14(13)19(24)27/h3-4,6-7H,2,5,8-12H2,1H3,(H,21,22,25). The molecule has 1 aromatic heterocycles. The van der Waals surface area contributed by atoms with E-state index in [-0.39, 0.29) is 43.0 Å². The summed E-state index contributed by atoms with van der Waals surface area (Å²) in [6, 6.07) is 6.68. The van der Waals surface area contributed by atoms with Crippen LogP contribution in [0.1, 0.15) is 51.1 Å². The lowest BCUT2D eigenvalue weighted by molar-refractivity contribution is -0.116. The Hall–Kier alpha value is -2.63. The summed E-state index contributed by atoms with van der Waals surface area (Å²) in [7, 11) is -3.26. The van der Waals surface area contributed by atoms with E-state index >= 15 is 0 Å². The highest BCUT2D eigenvalue weighted by Crippen LogP contribution is 2.30.